The van der Waals surface area contributed by atoms with Gasteiger partial charge in [-0.25, -0.2) is 4.79 Å². The third-order valence-corrected chi connectivity index (χ3v) is 7.05. The van der Waals surface area contributed by atoms with Gasteiger partial charge in [-0.05, 0) is 63.1 Å². The van der Waals surface area contributed by atoms with Crippen molar-refractivity contribution < 1.29 is 9.90 Å². The van der Waals surface area contributed by atoms with Gasteiger partial charge in [-0.2, -0.15) is 0 Å². The van der Waals surface area contributed by atoms with Gasteiger partial charge in [-0.1, -0.05) is 80.6 Å². The zero-order valence-corrected chi connectivity index (χ0v) is 20.0. The summed E-state index contributed by atoms with van der Waals surface area (Å²) < 4.78 is 0. The standard InChI is InChI=1S/C20H19Cl.C10H7NO2/c1-20(2)11-18-16-8-7-13-5-3-4-6-14(13)15(16)9-10-17(18)19(21)12-20;12-10(13)8-5-1-3-7-4-2-6-11-9(7)8/h3-10,19H,11-12H2,1-2H3;1-6H,(H,12,13). The highest BCUT2D eigenvalue weighted by Crippen LogP contribution is 2.46. The molecule has 1 unspecified atom stereocenters. The normalized spacial score (nSPS) is 16.6. The van der Waals surface area contributed by atoms with Crippen LogP contribution < -0.4 is 0 Å². The fourth-order valence-corrected chi connectivity index (χ4v) is 5.70. The van der Waals surface area contributed by atoms with E-state index in [0.29, 0.717) is 5.52 Å². The maximum atomic E-state index is 10.8. The largest absolute Gasteiger partial charge is 0.478 e. The first-order valence-corrected chi connectivity index (χ1v) is 11.9. The van der Waals surface area contributed by atoms with E-state index in [2.05, 4.69) is 67.4 Å². The van der Waals surface area contributed by atoms with Crippen molar-refractivity contribution >= 4 is 50.0 Å². The van der Waals surface area contributed by atoms with Gasteiger partial charge >= 0.3 is 5.97 Å². The van der Waals surface area contributed by atoms with Gasteiger partial charge in [-0.3, -0.25) is 4.98 Å². The van der Waals surface area contributed by atoms with Crippen LogP contribution in [0.2, 0.25) is 0 Å². The summed E-state index contributed by atoms with van der Waals surface area (Å²) in [6.45, 7) is 4.65. The molecule has 170 valence electrons. The molecule has 0 spiro atoms. The Kier molecular flexibility index (Phi) is 5.75. The highest BCUT2D eigenvalue weighted by molar-refractivity contribution is 6.21. The molecule has 1 aromatic heterocycles. The minimum atomic E-state index is -0.940. The number of fused-ring (bicyclic) bond motifs is 6. The smallest absolute Gasteiger partial charge is 0.337 e. The monoisotopic (exact) mass is 467 g/mol. The Labute approximate surface area is 204 Å². The number of carbonyl (C=O) groups is 1. The van der Waals surface area contributed by atoms with Crippen LogP contribution >= 0.6 is 11.6 Å². The summed E-state index contributed by atoms with van der Waals surface area (Å²) >= 11 is 6.65. The van der Waals surface area contributed by atoms with Crippen LogP contribution in [0.1, 0.15) is 47.1 Å². The molecule has 0 radical (unpaired) electrons. The molecule has 1 atom stereocenters. The number of halogens is 1. The van der Waals surface area contributed by atoms with Gasteiger partial charge < -0.3 is 5.11 Å². The predicted molar refractivity (Wildman–Crippen MR) is 141 cm³/mol. The number of carboxylic acid groups (broad SMARTS) is 1. The van der Waals surface area contributed by atoms with E-state index < -0.39 is 5.97 Å². The third kappa shape index (κ3) is 4.12. The fraction of sp³-hybridized carbons (Fsp3) is 0.200. The van der Waals surface area contributed by atoms with E-state index in [0.717, 1.165) is 18.2 Å². The summed E-state index contributed by atoms with van der Waals surface area (Å²) in [5.41, 5.74) is 3.85. The lowest BCUT2D eigenvalue weighted by Gasteiger charge is -2.35. The number of pyridine rings is 1. The molecule has 1 aliphatic carbocycles. The first kappa shape index (κ1) is 22.4. The van der Waals surface area contributed by atoms with Crippen LogP contribution in [0.25, 0.3) is 32.4 Å². The molecule has 6 rings (SSSR count). The van der Waals surface area contributed by atoms with Crippen molar-refractivity contribution in [1.82, 2.24) is 4.98 Å². The molecule has 4 aromatic carbocycles. The lowest BCUT2D eigenvalue weighted by molar-refractivity contribution is 0.0699. The molecular weight excluding hydrogens is 442 g/mol. The topological polar surface area (TPSA) is 50.2 Å². The molecular formula is C30H26ClNO2. The molecule has 0 fully saturated rings. The summed E-state index contributed by atoms with van der Waals surface area (Å²) in [5.74, 6) is -0.940. The maximum absolute atomic E-state index is 10.8. The van der Waals surface area contributed by atoms with E-state index in [1.165, 1.54) is 32.7 Å². The fourth-order valence-electron chi connectivity index (χ4n) is 5.08. The molecule has 1 N–H and O–H groups in total. The Morgan fingerprint density at radius 2 is 1.62 bits per heavy atom. The highest BCUT2D eigenvalue weighted by atomic mass is 35.5. The van der Waals surface area contributed by atoms with Crippen molar-refractivity contribution in [2.45, 2.75) is 32.1 Å². The first-order valence-electron chi connectivity index (χ1n) is 11.5. The van der Waals surface area contributed by atoms with E-state index in [-0.39, 0.29) is 16.4 Å². The number of hydrogen-bond donors (Lipinski definition) is 1. The van der Waals surface area contributed by atoms with Gasteiger partial charge in [0.1, 0.15) is 0 Å². The molecule has 0 amide bonds. The SMILES string of the molecule is CC1(C)Cc2c(ccc3c2ccc2ccccc23)C(Cl)C1.O=C(O)c1cccc2cccnc12. The second kappa shape index (κ2) is 8.73. The van der Waals surface area contributed by atoms with Crippen molar-refractivity contribution in [3.63, 3.8) is 0 Å². The van der Waals surface area contributed by atoms with Crippen molar-refractivity contribution in [1.29, 1.82) is 0 Å². The van der Waals surface area contributed by atoms with E-state index in [1.807, 2.05) is 12.1 Å². The number of aromatic carboxylic acids is 1. The van der Waals surface area contributed by atoms with E-state index in [1.54, 1.807) is 24.4 Å². The predicted octanol–water partition coefficient (Wildman–Crippen LogP) is 8.18. The molecule has 0 saturated carbocycles. The number of benzene rings is 4. The Balaban J connectivity index is 0.000000159. The summed E-state index contributed by atoms with van der Waals surface area (Å²) in [4.78, 5) is 14.8. The minimum absolute atomic E-state index is 0.139. The van der Waals surface area contributed by atoms with Gasteiger partial charge in [0.05, 0.1) is 16.5 Å². The van der Waals surface area contributed by atoms with Crippen LogP contribution in [-0.4, -0.2) is 16.1 Å². The zero-order chi connectivity index (χ0) is 23.9. The minimum Gasteiger partial charge on any atom is -0.478 e. The molecule has 0 bridgehead atoms. The molecule has 0 aliphatic heterocycles. The summed E-state index contributed by atoms with van der Waals surface area (Å²) in [7, 11) is 0. The first-order chi connectivity index (χ1) is 16.3. The van der Waals surface area contributed by atoms with Crippen LogP contribution in [0, 0.1) is 5.41 Å². The van der Waals surface area contributed by atoms with Crippen LogP contribution in [0.4, 0.5) is 0 Å². The lowest BCUT2D eigenvalue weighted by Crippen LogP contribution is -2.23. The Morgan fingerprint density at radius 1 is 0.882 bits per heavy atom. The molecule has 1 heterocycles. The number of para-hydroxylation sites is 1. The average molecular weight is 468 g/mol. The Hall–Kier alpha value is -3.43. The molecule has 5 aromatic rings. The van der Waals surface area contributed by atoms with Crippen molar-refractivity contribution in [2.75, 3.05) is 0 Å². The van der Waals surface area contributed by atoms with Crippen molar-refractivity contribution in [3.05, 3.63) is 102 Å². The average Bonchev–Trinajstić information content (AvgIpc) is 2.83. The number of rotatable bonds is 1. The summed E-state index contributed by atoms with van der Waals surface area (Å²) in [6, 6.07) is 26.4. The molecule has 4 heteroatoms. The molecule has 0 saturated heterocycles. The van der Waals surface area contributed by atoms with E-state index in [9.17, 15) is 4.79 Å². The van der Waals surface area contributed by atoms with Crippen molar-refractivity contribution in [2.24, 2.45) is 5.41 Å². The number of nitrogens with zero attached hydrogens (tertiary/aromatic N) is 1. The number of hydrogen-bond acceptors (Lipinski definition) is 2. The summed E-state index contributed by atoms with van der Waals surface area (Å²) in [5, 5.41) is 15.2. The zero-order valence-electron chi connectivity index (χ0n) is 19.3. The molecule has 3 nitrogen and oxygen atoms in total. The number of alkyl halides is 1. The van der Waals surface area contributed by atoms with Gasteiger partial charge in [-0.15, -0.1) is 11.6 Å². The second-order valence-corrected chi connectivity index (χ2v) is 10.2. The van der Waals surface area contributed by atoms with E-state index >= 15 is 0 Å². The Morgan fingerprint density at radius 3 is 2.44 bits per heavy atom. The van der Waals surface area contributed by atoms with Crippen LogP contribution in [0.3, 0.4) is 0 Å². The highest BCUT2D eigenvalue weighted by Gasteiger charge is 2.32. The van der Waals surface area contributed by atoms with Gasteiger partial charge in [0.15, 0.2) is 0 Å². The van der Waals surface area contributed by atoms with E-state index in [4.69, 9.17) is 16.7 Å². The molecule has 1 aliphatic rings. The Bertz CT molecular complexity index is 1530. The van der Waals surface area contributed by atoms with Gasteiger partial charge in [0.25, 0.3) is 0 Å². The number of carboxylic acids is 1. The summed E-state index contributed by atoms with van der Waals surface area (Å²) in [6.07, 6.45) is 3.76. The lowest BCUT2D eigenvalue weighted by atomic mass is 9.72. The quantitative estimate of drug-likeness (QED) is 0.200. The molecule has 34 heavy (non-hydrogen) atoms. The van der Waals surface area contributed by atoms with Crippen LogP contribution in [0.15, 0.2) is 85.1 Å². The third-order valence-electron chi connectivity index (χ3n) is 6.66. The van der Waals surface area contributed by atoms with Crippen LogP contribution in [0.5, 0.6) is 0 Å². The number of aromatic nitrogens is 1. The van der Waals surface area contributed by atoms with Crippen LogP contribution in [-0.2, 0) is 6.42 Å². The van der Waals surface area contributed by atoms with Gasteiger partial charge in [0, 0.05) is 11.6 Å². The van der Waals surface area contributed by atoms with Crippen molar-refractivity contribution in [3.8, 4) is 0 Å². The van der Waals surface area contributed by atoms with Gasteiger partial charge in [0.2, 0.25) is 0 Å². The second-order valence-electron chi connectivity index (χ2n) is 9.71. The maximum Gasteiger partial charge on any atom is 0.337 e.